The van der Waals surface area contributed by atoms with Crippen molar-refractivity contribution in [3.8, 4) is 5.75 Å². The summed E-state index contributed by atoms with van der Waals surface area (Å²) in [7, 11) is 0. The molecule has 0 spiro atoms. The first-order valence-corrected chi connectivity index (χ1v) is 6.68. The third-order valence-electron chi connectivity index (χ3n) is 2.60. The summed E-state index contributed by atoms with van der Waals surface area (Å²) in [5.41, 5.74) is 2.42. The summed E-state index contributed by atoms with van der Waals surface area (Å²) in [5.74, 6) is -0.403. The summed E-state index contributed by atoms with van der Waals surface area (Å²) in [4.78, 5) is 11.9. The Morgan fingerprint density at radius 2 is 2.22 bits per heavy atom. The maximum atomic E-state index is 11.9. The normalized spacial score (nSPS) is 10.3. The number of halogens is 1. The van der Waals surface area contributed by atoms with Crippen LogP contribution in [0, 0.1) is 6.92 Å². The molecular formula is C13H12ClNO2S. The SMILES string of the molecule is Cc1cscc1CNC(=O)c1cc(Cl)ccc1O. The van der Waals surface area contributed by atoms with E-state index in [0.717, 1.165) is 11.1 Å². The number of carbonyl (C=O) groups is 1. The molecule has 1 heterocycles. The maximum absolute atomic E-state index is 11.9. The molecule has 94 valence electrons. The smallest absolute Gasteiger partial charge is 0.255 e. The van der Waals surface area contributed by atoms with Crippen molar-refractivity contribution in [1.29, 1.82) is 0 Å². The van der Waals surface area contributed by atoms with Crippen LogP contribution < -0.4 is 5.32 Å². The molecule has 18 heavy (non-hydrogen) atoms. The molecule has 2 N–H and O–H groups in total. The molecule has 2 rings (SSSR count). The highest BCUT2D eigenvalue weighted by molar-refractivity contribution is 7.08. The molecule has 0 unspecified atom stereocenters. The average molecular weight is 282 g/mol. The molecule has 0 fully saturated rings. The second kappa shape index (κ2) is 5.42. The van der Waals surface area contributed by atoms with E-state index in [1.54, 1.807) is 11.3 Å². The van der Waals surface area contributed by atoms with Crippen molar-refractivity contribution in [3.05, 3.63) is 50.7 Å². The first-order valence-electron chi connectivity index (χ1n) is 5.36. The number of phenols is 1. The molecule has 0 radical (unpaired) electrons. The number of hydrogen-bond acceptors (Lipinski definition) is 3. The molecule has 0 saturated heterocycles. The molecule has 5 heteroatoms. The third-order valence-corrected chi connectivity index (χ3v) is 3.75. The number of nitrogens with one attached hydrogen (secondary N) is 1. The van der Waals surface area contributed by atoms with Gasteiger partial charge < -0.3 is 10.4 Å². The van der Waals surface area contributed by atoms with Crippen LogP contribution in [0.2, 0.25) is 5.02 Å². The van der Waals surface area contributed by atoms with Crippen molar-refractivity contribution >= 4 is 28.8 Å². The van der Waals surface area contributed by atoms with Gasteiger partial charge in [0.15, 0.2) is 0 Å². The van der Waals surface area contributed by atoms with Crippen molar-refractivity contribution < 1.29 is 9.90 Å². The van der Waals surface area contributed by atoms with Crippen LogP contribution in [0.3, 0.4) is 0 Å². The van der Waals surface area contributed by atoms with Gasteiger partial charge in [-0.1, -0.05) is 11.6 Å². The van der Waals surface area contributed by atoms with Crippen molar-refractivity contribution in [2.45, 2.75) is 13.5 Å². The molecule has 1 aromatic carbocycles. The van der Waals surface area contributed by atoms with E-state index >= 15 is 0 Å². The highest BCUT2D eigenvalue weighted by atomic mass is 35.5. The summed E-state index contributed by atoms with van der Waals surface area (Å²) in [6, 6.07) is 4.40. The highest BCUT2D eigenvalue weighted by Gasteiger charge is 2.11. The molecule has 0 atom stereocenters. The Kier molecular flexibility index (Phi) is 3.89. The van der Waals surface area contributed by atoms with E-state index in [4.69, 9.17) is 11.6 Å². The lowest BCUT2D eigenvalue weighted by Gasteiger charge is -2.07. The van der Waals surface area contributed by atoms with Crippen LogP contribution in [0.5, 0.6) is 5.75 Å². The topological polar surface area (TPSA) is 49.3 Å². The Hall–Kier alpha value is -1.52. The van der Waals surface area contributed by atoms with Gasteiger partial charge in [0.05, 0.1) is 5.56 Å². The number of thiophene rings is 1. The van der Waals surface area contributed by atoms with Crippen LogP contribution >= 0.6 is 22.9 Å². The Balaban J connectivity index is 2.08. The number of aromatic hydroxyl groups is 1. The lowest BCUT2D eigenvalue weighted by molar-refractivity contribution is 0.0948. The van der Waals surface area contributed by atoms with E-state index in [2.05, 4.69) is 5.32 Å². The number of phenolic OH excluding ortho intramolecular Hbond substituents is 1. The van der Waals surface area contributed by atoms with E-state index in [9.17, 15) is 9.90 Å². The third kappa shape index (κ3) is 2.83. The fourth-order valence-corrected chi connectivity index (χ4v) is 2.56. The number of carbonyl (C=O) groups excluding carboxylic acids is 1. The summed E-state index contributed by atoms with van der Waals surface area (Å²) in [6.07, 6.45) is 0. The van der Waals surface area contributed by atoms with Gasteiger partial charge in [-0.3, -0.25) is 4.79 Å². The highest BCUT2D eigenvalue weighted by Crippen LogP contribution is 2.21. The first-order chi connectivity index (χ1) is 8.58. The zero-order valence-corrected chi connectivity index (χ0v) is 11.3. The fourth-order valence-electron chi connectivity index (χ4n) is 1.53. The van der Waals surface area contributed by atoms with Crippen LogP contribution in [0.4, 0.5) is 0 Å². The van der Waals surface area contributed by atoms with Gasteiger partial charge in [0.2, 0.25) is 0 Å². The van der Waals surface area contributed by atoms with Gasteiger partial charge in [-0.05, 0) is 47.0 Å². The van der Waals surface area contributed by atoms with Crippen LogP contribution in [-0.4, -0.2) is 11.0 Å². The second-order valence-electron chi connectivity index (χ2n) is 3.92. The number of hydrogen-bond donors (Lipinski definition) is 2. The quantitative estimate of drug-likeness (QED) is 0.906. The molecule has 1 aromatic heterocycles. The molecule has 0 aliphatic carbocycles. The summed E-state index contributed by atoms with van der Waals surface area (Å²) < 4.78 is 0. The van der Waals surface area contributed by atoms with Gasteiger partial charge >= 0.3 is 0 Å². The van der Waals surface area contributed by atoms with E-state index in [1.165, 1.54) is 18.2 Å². The van der Waals surface area contributed by atoms with Crippen molar-refractivity contribution in [3.63, 3.8) is 0 Å². The standard InChI is InChI=1S/C13H12ClNO2S/c1-8-6-18-7-9(8)5-15-13(17)11-4-10(14)2-3-12(11)16/h2-4,6-7,16H,5H2,1H3,(H,15,17). The molecule has 0 bridgehead atoms. The minimum atomic E-state index is -0.333. The average Bonchev–Trinajstić information content (AvgIpc) is 2.75. The number of amides is 1. The number of aryl methyl sites for hydroxylation is 1. The van der Waals surface area contributed by atoms with Gasteiger partial charge in [0, 0.05) is 11.6 Å². The van der Waals surface area contributed by atoms with E-state index in [1.807, 2.05) is 17.7 Å². The second-order valence-corrected chi connectivity index (χ2v) is 5.10. The summed E-state index contributed by atoms with van der Waals surface area (Å²) in [5, 5.41) is 16.8. The van der Waals surface area contributed by atoms with Gasteiger partial charge in [0.1, 0.15) is 5.75 Å². The van der Waals surface area contributed by atoms with Gasteiger partial charge in [0.25, 0.3) is 5.91 Å². The first kappa shape index (κ1) is 12.9. The lowest BCUT2D eigenvalue weighted by Crippen LogP contribution is -2.22. The summed E-state index contributed by atoms with van der Waals surface area (Å²) >= 11 is 7.39. The Labute approximate surface area is 114 Å². The predicted octanol–water partition coefficient (Wildman–Crippen LogP) is 3.35. The van der Waals surface area contributed by atoms with Crippen molar-refractivity contribution in [2.75, 3.05) is 0 Å². The van der Waals surface area contributed by atoms with Crippen molar-refractivity contribution in [2.24, 2.45) is 0 Å². The van der Waals surface area contributed by atoms with Gasteiger partial charge in [-0.15, -0.1) is 0 Å². The largest absolute Gasteiger partial charge is 0.507 e. The molecule has 1 amide bonds. The van der Waals surface area contributed by atoms with E-state index in [0.29, 0.717) is 11.6 Å². The Bertz CT molecular complexity index is 580. The van der Waals surface area contributed by atoms with Gasteiger partial charge in [-0.25, -0.2) is 0 Å². The molecule has 0 aliphatic heterocycles. The summed E-state index contributed by atoms with van der Waals surface area (Å²) in [6.45, 7) is 2.44. The lowest BCUT2D eigenvalue weighted by atomic mass is 10.1. The molecule has 0 aliphatic rings. The molecule has 0 saturated carbocycles. The minimum Gasteiger partial charge on any atom is -0.507 e. The fraction of sp³-hybridized carbons (Fsp3) is 0.154. The van der Waals surface area contributed by atoms with Crippen LogP contribution in [0.25, 0.3) is 0 Å². The molecule has 2 aromatic rings. The zero-order chi connectivity index (χ0) is 13.1. The Morgan fingerprint density at radius 1 is 1.44 bits per heavy atom. The molecular weight excluding hydrogens is 270 g/mol. The van der Waals surface area contributed by atoms with E-state index in [-0.39, 0.29) is 17.2 Å². The number of rotatable bonds is 3. The van der Waals surface area contributed by atoms with Crippen molar-refractivity contribution in [1.82, 2.24) is 5.32 Å². The minimum absolute atomic E-state index is 0.0704. The Morgan fingerprint density at radius 3 is 2.89 bits per heavy atom. The number of benzene rings is 1. The van der Waals surface area contributed by atoms with Crippen LogP contribution in [0.15, 0.2) is 29.0 Å². The monoisotopic (exact) mass is 281 g/mol. The van der Waals surface area contributed by atoms with Crippen LogP contribution in [-0.2, 0) is 6.54 Å². The van der Waals surface area contributed by atoms with Gasteiger partial charge in [-0.2, -0.15) is 11.3 Å². The molecule has 3 nitrogen and oxygen atoms in total. The van der Waals surface area contributed by atoms with E-state index < -0.39 is 0 Å². The predicted molar refractivity (Wildman–Crippen MR) is 73.3 cm³/mol. The maximum Gasteiger partial charge on any atom is 0.255 e. The van der Waals surface area contributed by atoms with Crippen LogP contribution in [0.1, 0.15) is 21.5 Å². The zero-order valence-electron chi connectivity index (χ0n) is 9.74.